The number of nitrogens with two attached hydrogens (primary N) is 1. The van der Waals surface area contributed by atoms with E-state index in [0.29, 0.717) is 16.8 Å². The van der Waals surface area contributed by atoms with Crippen molar-refractivity contribution in [2.45, 2.75) is 18.8 Å². The van der Waals surface area contributed by atoms with E-state index in [9.17, 15) is 10.1 Å². The molecule has 3 aromatic rings. The van der Waals surface area contributed by atoms with Gasteiger partial charge in [0.05, 0.1) is 16.0 Å². The van der Waals surface area contributed by atoms with Crippen LogP contribution in [-0.2, 0) is 0 Å². The van der Waals surface area contributed by atoms with E-state index in [1.54, 1.807) is 30.5 Å². The summed E-state index contributed by atoms with van der Waals surface area (Å²) in [4.78, 5) is 17.4. The van der Waals surface area contributed by atoms with E-state index in [2.05, 4.69) is 20.1 Å². The third-order valence-corrected chi connectivity index (χ3v) is 4.56. The van der Waals surface area contributed by atoms with Crippen LogP contribution in [0.15, 0.2) is 34.9 Å². The predicted molar refractivity (Wildman–Crippen MR) is 91.3 cm³/mol. The summed E-state index contributed by atoms with van der Waals surface area (Å²) in [5.74, 6) is 0.752. The van der Waals surface area contributed by atoms with Crippen LogP contribution in [0.4, 0.5) is 17.4 Å². The molecule has 1 fully saturated rings. The van der Waals surface area contributed by atoms with E-state index >= 15 is 0 Å². The Bertz CT molecular complexity index is 933. The maximum Gasteiger partial charge on any atom is 0.312 e. The second-order valence-corrected chi connectivity index (χ2v) is 6.00. The highest BCUT2D eigenvalue weighted by atomic mass is 16.6. The molecule has 0 radical (unpaired) electrons. The SMILES string of the molecule is Nc1nnc(C2CCN(c3ccc([N+](=O)[O-])c4cccnc34)CC2)o1. The fourth-order valence-corrected chi connectivity index (χ4v) is 3.34. The fourth-order valence-electron chi connectivity index (χ4n) is 3.34. The van der Waals surface area contributed by atoms with Gasteiger partial charge in [0.15, 0.2) is 0 Å². The topological polar surface area (TPSA) is 124 Å². The van der Waals surface area contributed by atoms with Crippen LogP contribution in [0, 0.1) is 10.1 Å². The van der Waals surface area contributed by atoms with Crippen LogP contribution in [0.5, 0.6) is 0 Å². The van der Waals surface area contributed by atoms with Crippen molar-refractivity contribution in [2.24, 2.45) is 0 Å². The van der Waals surface area contributed by atoms with Crippen LogP contribution in [0.1, 0.15) is 24.7 Å². The third-order valence-electron chi connectivity index (χ3n) is 4.56. The van der Waals surface area contributed by atoms with Crippen molar-refractivity contribution in [2.75, 3.05) is 23.7 Å². The van der Waals surface area contributed by atoms with Gasteiger partial charge in [-0.25, -0.2) is 0 Å². The number of non-ortho nitro benzene ring substituents is 1. The first-order valence-corrected chi connectivity index (χ1v) is 7.99. The molecule has 1 saturated heterocycles. The van der Waals surface area contributed by atoms with E-state index in [1.807, 2.05) is 0 Å². The van der Waals surface area contributed by atoms with Gasteiger partial charge in [0.2, 0.25) is 5.89 Å². The summed E-state index contributed by atoms with van der Waals surface area (Å²) >= 11 is 0. The number of nitro groups is 1. The van der Waals surface area contributed by atoms with Gasteiger partial charge in [-0.1, -0.05) is 5.10 Å². The maximum atomic E-state index is 11.2. The molecule has 0 saturated carbocycles. The number of anilines is 2. The highest BCUT2D eigenvalue weighted by molar-refractivity contribution is 5.97. The second-order valence-electron chi connectivity index (χ2n) is 6.00. The number of piperidine rings is 1. The molecule has 0 bridgehead atoms. The first-order chi connectivity index (χ1) is 12.1. The normalized spacial score (nSPS) is 15.6. The maximum absolute atomic E-state index is 11.2. The molecule has 3 heterocycles. The van der Waals surface area contributed by atoms with Crippen molar-refractivity contribution in [3.8, 4) is 0 Å². The van der Waals surface area contributed by atoms with E-state index in [4.69, 9.17) is 10.2 Å². The van der Waals surface area contributed by atoms with Crippen molar-refractivity contribution in [3.63, 3.8) is 0 Å². The summed E-state index contributed by atoms with van der Waals surface area (Å²) in [7, 11) is 0. The number of nitrogens with zero attached hydrogens (tertiary/aromatic N) is 5. The molecule has 0 spiro atoms. The van der Waals surface area contributed by atoms with Crippen molar-refractivity contribution < 1.29 is 9.34 Å². The number of nitrogen functional groups attached to an aromatic ring is 1. The molecule has 1 aliphatic heterocycles. The Hall–Kier alpha value is -3.23. The van der Waals surface area contributed by atoms with Crippen molar-refractivity contribution in [3.05, 3.63) is 46.5 Å². The Labute approximate surface area is 142 Å². The van der Waals surface area contributed by atoms with Crippen molar-refractivity contribution in [1.29, 1.82) is 0 Å². The number of fused-ring (bicyclic) bond motifs is 1. The average molecular weight is 340 g/mol. The van der Waals surface area contributed by atoms with E-state index in [-0.39, 0.29) is 22.5 Å². The minimum atomic E-state index is -0.375. The highest BCUT2D eigenvalue weighted by Crippen LogP contribution is 2.35. The van der Waals surface area contributed by atoms with Gasteiger partial charge >= 0.3 is 6.01 Å². The van der Waals surface area contributed by atoms with Crippen molar-refractivity contribution in [1.82, 2.24) is 15.2 Å². The zero-order valence-corrected chi connectivity index (χ0v) is 13.3. The number of hydrogen-bond donors (Lipinski definition) is 1. The van der Waals surface area contributed by atoms with Gasteiger partial charge in [-0.2, -0.15) is 0 Å². The molecule has 0 atom stereocenters. The summed E-state index contributed by atoms with van der Waals surface area (Å²) in [6.45, 7) is 1.55. The molecule has 0 unspecified atom stereocenters. The summed E-state index contributed by atoms with van der Waals surface area (Å²) in [5.41, 5.74) is 7.12. The molecular weight excluding hydrogens is 324 g/mol. The molecule has 1 aliphatic rings. The molecule has 9 heteroatoms. The molecule has 9 nitrogen and oxygen atoms in total. The Morgan fingerprint density at radius 1 is 1.24 bits per heavy atom. The lowest BCUT2D eigenvalue weighted by atomic mass is 9.96. The number of rotatable bonds is 3. The van der Waals surface area contributed by atoms with Gasteiger partial charge in [-0.05, 0) is 31.0 Å². The van der Waals surface area contributed by atoms with Crippen LogP contribution < -0.4 is 10.6 Å². The number of pyridine rings is 1. The number of aromatic nitrogens is 3. The molecule has 0 aliphatic carbocycles. The lowest BCUT2D eigenvalue weighted by Crippen LogP contribution is -2.33. The van der Waals surface area contributed by atoms with Crippen LogP contribution in [0.25, 0.3) is 10.9 Å². The molecule has 128 valence electrons. The third kappa shape index (κ3) is 2.73. The van der Waals surface area contributed by atoms with Gasteiger partial charge in [0.25, 0.3) is 5.69 Å². The van der Waals surface area contributed by atoms with Crippen LogP contribution in [-0.4, -0.2) is 33.2 Å². The van der Waals surface area contributed by atoms with Gasteiger partial charge in [0.1, 0.15) is 5.52 Å². The standard InChI is InChI=1S/C16H16N6O3/c17-16-20-19-15(25-16)10-5-8-21(9-6-10)13-4-3-12(22(23)24)11-2-1-7-18-14(11)13/h1-4,7,10H,5-6,8-9H2,(H2,17,20). The highest BCUT2D eigenvalue weighted by Gasteiger charge is 2.27. The Morgan fingerprint density at radius 2 is 2.04 bits per heavy atom. The van der Waals surface area contributed by atoms with Crippen LogP contribution in [0.2, 0.25) is 0 Å². The van der Waals surface area contributed by atoms with Gasteiger partial charge in [0, 0.05) is 31.3 Å². The molecular formula is C16H16N6O3. The summed E-state index contributed by atoms with van der Waals surface area (Å²) in [6.07, 6.45) is 3.34. The van der Waals surface area contributed by atoms with Crippen LogP contribution in [0.3, 0.4) is 0 Å². The lowest BCUT2D eigenvalue weighted by Gasteiger charge is -2.32. The zero-order chi connectivity index (χ0) is 17.4. The largest absolute Gasteiger partial charge is 0.408 e. The fraction of sp³-hybridized carbons (Fsp3) is 0.312. The Morgan fingerprint density at radius 3 is 2.72 bits per heavy atom. The predicted octanol–water partition coefficient (Wildman–Crippen LogP) is 2.49. The first kappa shape index (κ1) is 15.3. The monoisotopic (exact) mass is 340 g/mol. The van der Waals surface area contributed by atoms with Gasteiger partial charge in [-0.3, -0.25) is 15.1 Å². The summed E-state index contributed by atoms with van der Waals surface area (Å²) in [5, 5.41) is 19.5. The zero-order valence-electron chi connectivity index (χ0n) is 13.3. The molecule has 1 aromatic carbocycles. The van der Waals surface area contributed by atoms with Gasteiger partial charge < -0.3 is 15.1 Å². The molecule has 2 N–H and O–H groups in total. The smallest absolute Gasteiger partial charge is 0.312 e. The second kappa shape index (κ2) is 6.00. The number of hydrogen-bond acceptors (Lipinski definition) is 8. The van der Waals surface area contributed by atoms with Crippen molar-refractivity contribution >= 4 is 28.3 Å². The Kier molecular flexibility index (Phi) is 3.68. The minimum absolute atomic E-state index is 0.0723. The van der Waals surface area contributed by atoms with E-state index in [0.717, 1.165) is 31.6 Å². The number of benzene rings is 1. The quantitative estimate of drug-likeness (QED) is 0.569. The van der Waals surface area contributed by atoms with E-state index in [1.165, 1.54) is 0 Å². The molecule has 25 heavy (non-hydrogen) atoms. The minimum Gasteiger partial charge on any atom is -0.408 e. The molecule has 4 rings (SSSR count). The first-order valence-electron chi connectivity index (χ1n) is 7.99. The number of nitro benzene ring substituents is 1. The molecule has 2 aromatic heterocycles. The Balaban J connectivity index is 1.61. The van der Waals surface area contributed by atoms with E-state index < -0.39 is 0 Å². The summed E-state index contributed by atoms with van der Waals surface area (Å²) in [6, 6.07) is 6.86. The molecule has 0 amide bonds. The lowest BCUT2D eigenvalue weighted by molar-refractivity contribution is -0.383. The average Bonchev–Trinajstić information content (AvgIpc) is 3.07. The van der Waals surface area contributed by atoms with Crippen LogP contribution >= 0.6 is 0 Å². The van der Waals surface area contributed by atoms with Gasteiger partial charge in [-0.15, -0.1) is 5.10 Å². The summed E-state index contributed by atoms with van der Waals surface area (Å²) < 4.78 is 5.33.